The van der Waals surface area contributed by atoms with Gasteiger partial charge in [-0.1, -0.05) is 12.1 Å². The third-order valence-corrected chi connectivity index (χ3v) is 4.41. The molecule has 3 heterocycles. The Balaban J connectivity index is 1.41. The van der Waals surface area contributed by atoms with Gasteiger partial charge in [-0.05, 0) is 32.0 Å². The summed E-state index contributed by atoms with van der Waals surface area (Å²) in [6, 6.07) is 9.83. The van der Waals surface area contributed by atoms with E-state index in [4.69, 9.17) is 4.74 Å². The Morgan fingerprint density at radius 3 is 2.36 bits per heavy atom. The van der Waals surface area contributed by atoms with E-state index in [0.717, 1.165) is 54.3 Å². The average Bonchev–Trinajstić information content (AvgIpc) is 2.61. The summed E-state index contributed by atoms with van der Waals surface area (Å²) in [5, 5.41) is 0. The largest absolute Gasteiger partial charge is 0.473 e. The molecule has 1 aliphatic heterocycles. The Bertz CT molecular complexity index is 870. The van der Waals surface area contributed by atoms with E-state index in [9.17, 15) is 0 Å². The van der Waals surface area contributed by atoms with Gasteiger partial charge >= 0.3 is 0 Å². The molecule has 0 bridgehead atoms. The van der Waals surface area contributed by atoms with Crippen LogP contribution >= 0.6 is 0 Å². The number of anilines is 1. The highest BCUT2D eigenvalue weighted by molar-refractivity contribution is 5.73. The van der Waals surface area contributed by atoms with Gasteiger partial charge in [0, 0.05) is 37.3 Å². The van der Waals surface area contributed by atoms with Crippen molar-refractivity contribution in [3.63, 3.8) is 0 Å². The van der Waals surface area contributed by atoms with Crippen molar-refractivity contribution in [3.05, 3.63) is 47.9 Å². The first kappa shape index (κ1) is 15.7. The van der Waals surface area contributed by atoms with E-state index in [1.165, 1.54) is 0 Å². The highest BCUT2D eigenvalue weighted by Gasteiger charge is 2.23. The fraction of sp³-hybridized carbons (Fsp3) is 0.368. The zero-order chi connectivity index (χ0) is 17.2. The second kappa shape index (κ2) is 6.63. The molecule has 0 aliphatic carbocycles. The van der Waals surface area contributed by atoms with Crippen LogP contribution in [0.25, 0.3) is 11.0 Å². The SMILES string of the molecule is Cc1cc(C)nc(N2CCC(Oc3cnc4ccccc4n3)CC2)n1. The van der Waals surface area contributed by atoms with E-state index in [1.54, 1.807) is 6.20 Å². The van der Waals surface area contributed by atoms with Crippen LogP contribution in [0, 0.1) is 13.8 Å². The molecule has 4 rings (SSSR count). The number of ether oxygens (including phenoxy) is 1. The number of hydrogen-bond acceptors (Lipinski definition) is 6. The number of nitrogens with zero attached hydrogens (tertiary/aromatic N) is 5. The van der Waals surface area contributed by atoms with Crippen LogP contribution in [-0.2, 0) is 0 Å². The Kier molecular flexibility index (Phi) is 4.17. The molecular formula is C19H21N5O. The van der Waals surface area contributed by atoms with Crippen LogP contribution < -0.4 is 9.64 Å². The molecule has 0 atom stereocenters. The Morgan fingerprint density at radius 2 is 1.64 bits per heavy atom. The summed E-state index contributed by atoms with van der Waals surface area (Å²) in [5.41, 5.74) is 3.76. The number of hydrogen-bond donors (Lipinski definition) is 0. The van der Waals surface area contributed by atoms with E-state index < -0.39 is 0 Å². The maximum Gasteiger partial charge on any atom is 0.233 e. The van der Waals surface area contributed by atoms with Gasteiger partial charge in [0.1, 0.15) is 6.10 Å². The lowest BCUT2D eigenvalue weighted by Crippen LogP contribution is -2.39. The van der Waals surface area contributed by atoms with Crippen LogP contribution in [0.2, 0.25) is 0 Å². The maximum absolute atomic E-state index is 6.05. The minimum atomic E-state index is 0.151. The van der Waals surface area contributed by atoms with E-state index in [0.29, 0.717) is 5.88 Å². The van der Waals surface area contributed by atoms with Crippen molar-refractivity contribution in [3.8, 4) is 5.88 Å². The lowest BCUT2D eigenvalue weighted by molar-refractivity contribution is 0.163. The number of benzene rings is 1. The fourth-order valence-corrected chi connectivity index (χ4v) is 3.19. The molecule has 0 spiro atoms. The van der Waals surface area contributed by atoms with Gasteiger partial charge < -0.3 is 9.64 Å². The molecule has 0 unspecified atom stereocenters. The number of rotatable bonds is 3. The number of para-hydroxylation sites is 2. The predicted octanol–water partition coefficient (Wildman–Crippen LogP) is 3.08. The monoisotopic (exact) mass is 335 g/mol. The molecule has 0 amide bonds. The van der Waals surface area contributed by atoms with E-state index >= 15 is 0 Å². The second-order valence-electron chi connectivity index (χ2n) is 6.45. The molecule has 1 saturated heterocycles. The van der Waals surface area contributed by atoms with E-state index in [-0.39, 0.29) is 6.10 Å². The molecule has 2 aromatic heterocycles. The number of aromatic nitrogens is 4. The van der Waals surface area contributed by atoms with Crippen molar-refractivity contribution < 1.29 is 4.74 Å². The predicted molar refractivity (Wildman–Crippen MR) is 96.9 cm³/mol. The van der Waals surface area contributed by atoms with Gasteiger partial charge in [-0.2, -0.15) is 0 Å². The summed E-state index contributed by atoms with van der Waals surface area (Å²) in [5.74, 6) is 1.42. The van der Waals surface area contributed by atoms with Crippen LogP contribution in [-0.4, -0.2) is 39.1 Å². The standard InChI is InChI=1S/C19H21N5O/c1-13-11-14(2)22-19(21-13)24-9-7-15(8-10-24)25-18-12-20-16-5-3-4-6-17(16)23-18/h3-6,11-12,15H,7-10H2,1-2H3. The molecule has 0 N–H and O–H groups in total. The summed E-state index contributed by atoms with van der Waals surface area (Å²) in [6.45, 7) is 5.78. The van der Waals surface area contributed by atoms with Gasteiger partial charge in [-0.15, -0.1) is 0 Å². The summed E-state index contributed by atoms with van der Waals surface area (Å²) >= 11 is 0. The van der Waals surface area contributed by atoms with Gasteiger partial charge in [-0.25, -0.2) is 19.9 Å². The van der Waals surface area contributed by atoms with Crippen LogP contribution in [0.5, 0.6) is 5.88 Å². The zero-order valence-electron chi connectivity index (χ0n) is 14.5. The first-order valence-electron chi connectivity index (χ1n) is 8.63. The highest BCUT2D eigenvalue weighted by Crippen LogP contribution is 2.21. The van der Waals surface area contributed by atoms with Gasteiger partial charge in [0.15, 0.2) is 0 Å². The molecule has 1 aliphatic rings. The maximum atomic E-state index is 6.05. The first-order chi connectivity index (χ1) is 12.2. The molecule has 0 radical (unpaired) electrons. The molecular weight excluding hydrogens is 314 g/mol. The third kappa shape index (κ3) is 3.52. The molecule has 0 saturated carbocycles. The van der Waals surface area contributed by atoms with Crippen molar-refractivity contribution in [1.82, 2.24) is 19.9 Å². The highest BCUT2D eigenvalue weighted by atomic mass is 16.5. The molecule has 128 valence electrons. The van der Waals surface area contributed by atoms with Crippen LogP contribution in [0.1, 0.15) is 24.2 Å². The van der Waals surface area contributed by atoms with Crippen molar-refractivity contribution >= 4 is 17.0 Å². The summed E-state index contributed by atoms with van der Waals surface area (Å²) in [6.07, 6.45) is 3.70. The average molecular weight is 335 g/mol. The van der Waals surface area contributed by atoms with E-state index in [2.05, 4.69) is 24.8 Å². The van der Waals surface area contributed by atoms with E-state index in [1.807, 2.05) is 44.2 Å². The van der Waals surface area contributed by atoms with Crippen molar-refractivity contribution in [2.75, 3.05) is 18.0 Å². The second-order valence-corrected chi connectivity index (χ2v) is 6.45. The number of piperidine rings is 1. The van der Waals surface area contributed by atoms with Crippen LogP contribution in [0.15, 0.2) is 36.5 Å². The smallest absolute Gasteiger partial charge is 0.233 e. The fourth-order valence-electron chi connectivity index (χ4n) is 3.19. The summed E-state index contributed by atoms with van der Waals surface area (Å²) < 4.78 is 6.05. The lowest BCUT2D eigenvalue weighted by atomic mass is 10.1. The van der Waals surface area contributed by atoms with Crippen molar-refractivity contribution in [2.45, 2.75) is 32.8 Å². The number of fused-ring (bicyclic) bond motifs is 1. The quantitative estimate of drug-likeness (QED) is 0.733. The van der Waals surface area contributed by atoms with Crippen molar-refractivity contribution in [1.29, 1.82) is 0 Å². The molecule has 25 heavy (non-hydrogen) atoms. The van der Waals surface area contributed by atoms with Gasteiger partial charge in [0.25, 0.3) is 0 Å². The molecule has 1 fully saturated rings. The Labute approximate surface area is 146 Å². The normalized spacial score (nSPS) is 15.5. The minimum absolute atomic E-state index is 0.151. The number of aryl methyl sites for hydroxylation is 2. The van der Waals surface area contributed by atoms with Crippen molar-refractivity contribution in [2.24, 2.45) is 0 Å². The third-order valence-electron chi connectivity index (χ3n) is 4.41. The van der Waals surface area contributed by atoms with Crippen LogP contribution in [0.4, 0.5) is 5.95 Å². The van der Waals surface area contributed by atoms with Gasteiger partial charge in [0.05, 0.1) is 17.2 Å². The zero-order valence-corrected chi connectivity index (χ0v) is 14.5. The first-order valence-corrected chi connectivity index (χ1v) is 8.63. The summed E-state index contributed by atoms with van der Waals surface area (Å²) in [4.78, 5) is 20.3. The van der Waals surface area contributed by atoms with Gasteiger partial charge in [0.2, 0.25) is 11.8 Å². The Hall–Kier alpha value is -2.76. The summed E-state index contributed by atoms with van der Waals surface area (Å²) in [7, 11) is 0. The topological polar surface area (TPSA) is 64.0 Å². The minimum Gasteiger partial charge on any atom is -0.473 e. The molecule has 6 heteroatoms. The lowest BCUT2D eigenvalue weighted by Gasteiger charge is -2.32. The molecule has 1 aromatic carbocycles. The van der Waals surface area contributed by atoms with Gasteiger partial charge in [-0.3, -0.25) is 0 Å². The molecule has 6 nitrogen and oxygen atoms in total. The Morgan fingerprint density at radius 1 is 0.960 bits per heavy atom. The molecule has 3 aromatic rings. The van der Waals surface area contributed by atoms with Crippen LogP contribution in [0.3, 0.4) is 0 Å².